The molecule has 0 saturated carbocycles. The predicted octanol–water partition coefficient (Wildman–Crippen LogP) is 2.74. The second kappa shape index (κ2) is 6.49. The van der Waals surface area contributed by atoms with E-state index in [2.05, 4.69) is 45.3 Å². The Morgan fingerprint density at radius 2 is 2.17 bits per heavy atom. The first kappa shape index (κ1) is 15.4. The number of aromatic nitrogens is 2. The lowest BCUT2D eigenvalue weighted by atomic mass is 10.5. The van der Waals surface area contributed by atoms with Gasteiger partial charge in [-0.1, -0.05) is 19.6 Å². The minimum atomic E-state index is -1.09. The van der Waals surface area contributed by atoms with E-state index in [0.717, 1.165) is 6.04 Å². The molecule has 0 aliphatic carbocycles. The van der Waals surface area contributed by atoms with Crippen molar-refractivity contribution in [2.24, 2.45) is 0 Å². The molecule has 0 aromatic carbocycles. The zero-order valence-corrected chi connectivity index (χ0v) is 13.8. The van der Waals surface area contributed by atoms with Crippen molar-refractivity contribution in [1.29, 1.82) is 0 Å². The average molecular weight is 335 g/mol. The van der Waals surface area contributed by atoms with Crippen molar-refractivity contribution in [3.63, 3.8) is 0 Å². The summed E-state index contributed by atoms with van der Waals surface area (Å²) in [5, 5.41) is 0. The van der Waals surface area contributed by atoms with E-state index in [9.17, 15) is 4.79 Å². The number of carbonyl (C=O) groups is 1. The van der Waals surface area contributed by atoms with Gasteiger partial charge in [0.05, 0.1) is 13.3 Å². The lowest BCUT2D eigenvalue weighted by molar-refractivity contribution is 0.0537. The Balaban J connectivity index is 2.56. The van der Waals surface area contributed by atoms with Crippen LogP contribution in [0.25, 0.3) is 0 Å². The molecule has 1 heterocycles. The van der Waals surface area contributed by atoms with Crippen LogP contribution in [0.2, 0.25) is 25.7 Å². The molecule has 0 aliphatic rings. The number of hydrogen-bond acceptors (Lipinski definition) is 4. The van der Waals surface area contributed by atoms with E-state index < -0.39 is 14.0 Å². The average Bonchev–Trinajstić information content (AvgIpc) is 2.64. The fourth-order valence-electron chi connectivity index (χ4n) is 1.28. The topological polar surface area (TPSA) is 53.3 Å². The third-order valence-corrected chi connectivity index (χ3v) is 4.76. The standard InChI is InChI=1S/C11H19BrN2O3Si/c1-16-10(15)9-7-13-11(12)14(9)8-17-5-6-18(2,3)4/h7H,5-6,8H2,1-4H3. The van der Waals surface area contributed by atoms with Gasteiger partial charge >= 0.3 is 5.97 Å². The molecule has 0 spiro atoms. The van der Waals surface area contributed by atoms with Crippen LogP contribution in [-0.4, -0.2) is 37.3 Å². The molecule has 0 saturated heterocycles. The molecule has 0 N–H and O–H groups in total. The maximum absolute atomic E-state index is 11.5. The summed E-state index contributed by atoms with van der Waals surface area (Å²) in [6, 6.07) is 1.09. The van der Waals surface area contributed by atoms with Crippen LogP contribution in [0.3, 0.4) is 0 Å². The number of rotatable bonds is 6. The van der Waals surface area contributed by atoms with E-state index in [1.54, 1.807) is 4.57 Å². The highest BCUT2D eigenvalue weighted by Gasteiger charge is 2.16. The Morgan fingerprint density at radius 1 is 1.50 bits per heavy atom. The summed E-state index contributed by atoms with van der Waals surface area (Å²) in [7, 11) is 0.258. The van der Waals surface area contributed by atoms with Gasteiger partial charge in [0.15, 0.2) is 4.73 Å². The number of carbonyl (C=O) groups excluding carboxylic acids is 1. The highest BCUT2D eigenvalue weighted by atomic mass is 79.9. The molecule has 18 heavy (non-hydrogen) atoms. The molecule has 7 heteroatoms. The highest BCUT2D eigenvalue weighted by molar-refractivity contribution is 9.10. The van der Waals surface area contributed by atoms with Gasteiger partial charge in [0.25, 0.3) is 0 Å². The predicted molar refractivity (Wildman–Crippen MR) is 75.4 cm³/mol. The maximum Gasteiger partial charge on any atom is 0.356 e. The first-order valence-corrected chi connectivity index (χ1v) is 10.2. The van der Waals surface area contributed by atoms with Gasteiger partial charge in [-0.05, 0) is 22.0 Å². The number of nitrogens with zero attached hydrogens (tertiary/aromatic N) is 2. The summed E-state index contributed by atoms with van der Waals surface area (Å²) < 4.78 is 12.5. The number of hydrogen-bond donors (Lipinski definition) is 0. The fraction of sp³-hybridized carbons (Fsp3) is 0.636. The number of halogens is 1. The molecule has 1 aromatic rings. The number of methoxy groups -OCH3 is 1. The summed E-state index contributed by atoms with van der Waals surface area (Å²) in [5.41, 5.74) is 0.386. The van der Waals surface area contributed by atoms with Crippen molar-refractivity contribution in [3.05, 3.63) is 16.6 Å². The quantitative estimate of drug-likeness (QED) is 0.456. The Hall–Kier alpha value is -0.663. The summed E-state index contributed by atoms with van der Waals surface area (Å²) in [4.78, 5) is 15.5. The largest absolute Gasteiger partial charge is 0.464 e. The van der Waals surface area contributed by atoms with Crippen molar-refractivity contribution in [2.75, 3.05) is 13.7 Å². The van der Waals surface area contributed by atoms with Crippen LogP contribution in [0.15, 0.2) is 10.9 Å². The molecule has 0 radical (unpaired) electrons. The zero-order chi connectivity index (χ0) is 13.8. The second-order valence-corrected chi connectivity index (χ2v) is 11.5. The second-order valence-electron chi connectivity index (χ2n) is 5.18. The van der Waals surface area contributed by atoms with Crippen molar-refractivity contribution < 1.29 is 14.3 Å². The van der Waals surface area contributed by atoms with Gasteiger partial charge < -0.3 is 9.47 Å². The Labute approximate surface area is 117 Å². The number of imidazole rings is 1. The lowest BCUT2D eigenvalue weighted by Crippen LogP contribution is -2.22. The third kappa shape index (κ3) is 4.54. The van der Waals surface area contributed by atoms with Crippen LogP contribution in [0.4, 0.5) is 0 Å². The van der Waals surface area contributed by atoms with Gasteiger partial charge in [0.1, 0.15) is 12.4 Å². The van der Waals surface area contributed by atoms with E-state index >= 15 is 0 Å². The third-order valence-electron chi connectivity index (χ3n) is 2.42. The molecule has 0 aliphatic heterocycles. The summed E-state index contributed by atoms with van der Waals surface area (Å²) in [5.74, 6) is -0.415. The van der Waals surface area contributed by atoms with Crippen LogP contribution >= 0.6 is 15.9 Å². The number of ether oxygens (including phenoxy) is 2. The van der Waals surface area contributed by atoms with Gasteiger partial charge in [-0.15, -0.1) is 0 Å². The van der Waals surface area contributed by atoms with E-state index in [1.165, 1.54) is 13.3 Å². The Morgan fingerprint density at radius 3 is 2.72 bits per heavy atom. The Bertz CT molecular complexity index is 415. The molecule has 0 atom stereocenters. The normalized spacial score (nSPS) is 11.6. The molecule has 0 amide bonds. The molecular formula is C11H19BrN2O3Si. The molecule has 0 unspecified atom stereocenters. The minimum Gasteiger partial charge on any atom is -0.464 e. The maximum atomic E-state index is 11.5. The highest BCUT2D eigenvalue weighted by Crippen LogP contribution is 2.14. The molecule has 5 nitrogen and oxygen atoms in total. The molecule has 0 bridgehead atoms. The van der Waals surface area contributed by atoms with Crippen molar-refractivity contribution in [2.45, 2.75) is 32.4 Å². The molecule has 1 aromatic heterocycles. The smallest absolute Gasteiger partial charge is 0.356 e. The summed E-state index contributed by atoms with van der Waals surface area (Å²) in [6.45, 7) is 7.88. The van der Waals surface area contributed by atoms with E-state index in [-0.39, 0.29) is 0 Å². The first-order valence-electron chi connectivity index (χ1n) is 5.72. The minimum absolute atomic E-state index is 0.301. The van der Waals surface area contributed by atoms with Crippen LogP contribution in [0.1, 0.15) is 10.5 Å². The van der Waals surface area contributed by atoms with E-state index in [1.807, 2.05) is 0 Å². The van der Waals surface area contributed by atoms with E-state index in [0.29, 0.717) is 23.8 Å². The van der Waals surface area contributed by atoms with Gasteiger partial charge in [0, 0.05) is 14.7 Å². The zero-order valence-electron chi connectivity index (χ0n) is 11.2. The van der Waals surface area contributed by atoms with Gasteiger partial charge in [-0.2, -0.15) is 0 Å². The SMILES string of the molecule is COC(=O)c1cnc(Br)n1COCC[Si](C)(C)C. The first-order chi connectivity index (χ1) is 8.35. The van der Waals surface area contributed by atoms with Crippen LogP contribution in [0.5, 0.6) is 0 Å². The van der Waals surface area contributed by atoms with Crippen LogP contribution in [0, 0.1) is 0 Å². The van der Waals surface area contributed by atoms with Crippen molar-refractivity contribution >= 4 is 30.0 Å². The van der Waals surface area contributed by atoms with Gasteiger partial charge in [-0.25, -0.2) is 9.78 Å². The van der Waals surface area contributed by atoms with Crippen LogP contribution in [-0.2, 0) is 16.2 Å². The van der Waals surface area contributed by atoms with Gasteiger partial charge in [0.2, 0.25) is 0 Å². The van der Waals surface area contributed by atoms with Gasteiger partial charge in [-0.3, -0.25) is 4.57 Å². The molecule has 102 valence electrons. The molecule has 0 fully saturated rings. The summed E-state index contributed by atoms with van der Waals surface area (Å²) >= 11 is 3.28. The monoisotopic (exact) mass is 334 g/mol. The molecule has 1 rings (SSSR count). The molecular weight excluding hydrogens is 316 g/mol. The van der Waals surface area contributed by atoms with E-state index in [4.69, 9.17) is 4.74 Å². The Kier molecular flexibility index (Phi) is 5.55. The summed E-state index contributed by atoms with van der Waals surface area (Å²) in [6.07, 6.45) is 1.47. The van der Waals surface area contributed by atoms with Crippen molar-refractivity contribution in [1.82, 2.24) is 9.55 Å². The fourth-order valence-corrected chi connectivity index (χ4v) is 2.43. The van der Waals surface area contributed by atoms with Crippen molar-refractivity contribution in [3.8, 4) is 0 Å². The van der Waals surface area contributed by atoms with Crippen LogP contribution < -0.4 is 0 Å². The lowest BCUT2D eigenvalue weighted by Gasteiger charge is -2.16. The number of esters is 1.